The normalized spacial score (nSPS) is 25.5. The zero-order chi connectivity index (χ0) is 17.8. The number of anilines is 1. The Morgan fingerprint density at radius 2 is 2.12 bits per heavy atom. The number of carbonyl (C=O) groups excluding carboxylic acids is 1. The van der Waals surface area contributed by atoms with E-state index in [1.54, 1.807) is 6.08 Å². The number of ether oxygens (including phenoxy) is 2. The minimum Gasteiger partial charge on any atom is -0.378 e. The summed E-state index contributed by atoms with van der Waals surface area (Å²) in [4.78, 5) is 17.0. The van der Waals surface area contributed by atoms with Crippen LogP contribution in [0.5, 0.6) is 0 Å². The van der Waals surface area contributed by atoms with E-state index in [4.69, 9.17) is 9.47 Å². The van der Waals surface area contributed by atoms with Gasteiger partial charge in [-0.25, -0.2) is 0 Å². The Balaban J connectivity index is 1.67. The van der Waals surface area contributed by atoms with Gasteiger partial charge >= 0.3 is 0 Å². The van der Waals surface area contributed by atoms with Gasteiger partial charge in [-0.15, -0.1) is 6.58 Å². The molecule has 0 radical (unpaired) electrons. The molecule has 1 saturated heterocycles. The average molecular weight is 344 g/mol. The number of hydrogen-bond acceptors (Lipinski definition) is 4. The second-order valence-electron chi connectivity index (χ2n) is 7.01. The Kier molecular flexibility index (Phi) is 5.76. The van der Waals surface area contributed by atoms with Crippen LogP contribution >= 0.6 is 0 Å². The van der Waals surface area contributed by atoms with Gasteiger partial charge in [0.1, 0.15) is 0 Å². The Bertz CT molecular complexity index is 599. The third-order valence-electron chi connectivity index (χ3n) is 5.18. The summed E-state index contributed by atoms with van der Waals surface area (Å²) in [7, 11) is 3.99. The molecule has 1 aromatic rings. The lowest BCUT2D eigenvalue weighted by atomic mass is 10.0. The molecule has 5 heteroatoms. The molecule has 1 aromatic carbocycles. The monoisotopic (exact) mass is 344 g/mol. The van der Waals surface area contributed by atoms with Crippen LogP contribution in [0.15, 0.2) is 36.9 Å². The van der Waals surface area contributed by atoms with Crippen LogP contribution in [0.25, 0.3) is 0 Å². The summed E-state index contributed by atoms with van der Waals surface area (Å²) in [5.41, 5.74) is 1.84. The van der Waals surface area contributed by atoms with Crippen LogP contribution < -0.4 is 4.90 Å². The predicted molar refractivity (Wildman–Crippen MR) is 99.1 cm³/mol. The SMILES string of the molecule is C=CCOC[C@@H]1CC[C@@H]2[C@@H]1OCCN2C(=O)c1ccc(N(C)C)cc1. The van der Waals surface area contributed by atoms with Crippen LogP contribution in [0.4, 0.5) is 5.69 Å². The van der Waals surface area contributed by atoms with Crippen molar-refractivity contribution in [2.75, 3.05) is 45.4 Å². The van der Waals surface area contributed by atoms with E-state index in [-0.39, 0.29) is 18.1 Å². The summed E-state index contributed by atoms with van der Waals surface area (Å²) >= 11 is 0. The topological polar surface area (TPSA) is 42.0 Å². The second kappa shape index (κ2) is 8.02. The molecular formula is C20H28N2O3. The highest BCUT2D eigenvalue weighted by Gasteiger charge is 2.44. The minimum atomic E-state index is 0.0866. The van der Waals surface area contributed by atoms with Crippen molar-refractivity contribution in [1.82, 2.24) is 4.90 Å². The lowest BCUT2D eigenvalue weighted by molar-refractivity contribution is -0.0738. The Morgan fingerprint density at radius 1 is 1.36 bits per heavy atom. The third-order valence-corrected chi connectivity index (χ3v) is 5.18. The predicted octanol–water partition coefficient (Wildman–Crippen LogP) is 2.57. The molecule has 3 atom stereocenters. The van der Waals surface area contributed by atoms with Crippen molar-refractivity contribution < 1.29 is 14.3 Å². The van der Waals surface area contributed by atoms with E-state index in [1.165, 1.54) is 0 Å². The first kappa shape index (κ1) is 18.0. The van der Waals surface area contributed by atoms with Crippen molar-refractivity contribution in [3.63, 3.8) is 0 Å². The largest absolute Gasteiger partial charge is 0.378 e. The summed E-state index contributed by atoms with van der Waals surface area (Å²) in [6.07, 6.45) is 3.87. The van der Waals surface area contributed by atoms with Gasteiger partial charge in [0.05, 0.1) is 32.0 Å². The van der Waals surface area contributed by atoms with Gasteiger partial charge in [-0.05, 0) is 37.1 Å². The highest BCUT2D eigenvalue weighted by atomic mass is 16.5. The molecule has 0 aromatic heterocycles. The van der Waals surface area contributed by atoms with E-state index in [2.05, 4.69) is 6.58 Å². The first-order valence-electron chi connectivity index (χ1n) is 9.00. The first-order chi connectivity index (χ1) is 12.1. The summed E-state index contributed by atoms with van der Waals surface area (Å²) in [6.45, 7) is 6.18. The van der Waals surface area contributed by atoms with E-state index in [0.29, 0.717) is 32.3 Å². The van der Waals surface area contributed by atoms with E-state index >= 15 is 0 Å². The molecule has 0 N–H and O–H groups in total. The molecular weight excluding hydrogens is 316 g/mol. The van der Waals surface area contributed by atoms with Crippen molar-refractivity contribution in [1.29, 1.82) is 0 Å². The molecule has 2 aliphatic rings. The van der Waals surface area contributed by atoms with Crippen LogP contribution in [-0.2, 0) is 9.47 Å². The van der Waals surface area contributed by atoms with Gasteiger partial charge in [-0.3, -0.25) is 4.79 Å². The Hall–Kier alpha value is -1.85. The van der Waals surface area contributed by atoms with Gasteiger partial charge in [0.25, 0.3) is 5.91 Å². The molecule has 0 bridgehead atoms. The average Bonchev–Trinajstić information content (AvgIpc) is 3.05. The number of carbonyl (C=O) groups is 1. The van der Waals surface area contributed by atoms with Crippen LogP contribution in [0, 0.1) is 5.92 Å². The highest BCUT2D eigenvalue weighted by Crippen LogP contribution is 2.35. The van der Waals surface area contributed by atoms with Crippen molar-refractivity contribution in [2.45, 2.75) is 25.0 Å². The molecule has 25 heavy (non-hydrogen) atoms. The third kappa shape index (κ3) is 3.88. The summed E-state index contributed by atoms with van der Waals surface area (Å²) < 4.78 is 11.6. The van der Waals surface area contributed by atoms with E-state index in [1.807, 2.05) is 48.2 Å². The van der Waals surface area contributed by atoms with Gasteiger partial charge in [0.15, 0.2) is 0 Å². The van der Waals surface area contributed by atoms with Gasteiger partial charge in [0.2, 0.25) is 0 Å². The molecule has 1 aliphatic carbocycles. The van der Waals surface area contributed by atoms with Crippen molar-refractivity contribution >= 4 is 11.6 Å². The number of benzene rings is 1. The number of fused-ring (bicyclic) bond motifs is 1. The lowest BCUT2D eigenvalue weighted by Crippen LogP contribution is -2.53. The van der Waals surface area contributed by atoms with E-state index < -0.39 is 0 Å². The molecule has 1 aliphatic heterocycles. The fourth-order valence-electron chi connectivity index (χ4n) is 3.86. The minimum absolute atomic E-state index is 0.0866. The number of morpholine rings is 1. The maximum absolute atomic E-state index is 13.0. The van der Waals surface area contributed by atoms with E-state index in [9.17, 15) is 4.79 Å². The second-order valence-corrected chi connectivity index (χ2v) is 7.01. The standard InChI is InChI=1S/C20H28N2O3/c1-4-12-24-14-16-7-10-18-19(16)25-13-11-22(18)20(23)15-5-8-17(9-6-15)21(2)3/h4-6,8-9,16,18-19H,1,7,10-14H2,2-3H3/t16-,18+,19+/m0/s1. The Morgan fingerprint density at radius 3 is 2.80 bits per heavy atom. The number of nitrogens with zero attached hydrogens (tertiary/aromatic N) is 2. The first-order valence-corrected chi connectivity index (χ1v) is 9.00. The molecule has 0 unspecified atom stereocenters. The number of amides is 1. The molecule has 3 rings (SSSR count). The van der Waals surface area contributed by atoms with E-state index in [0.717, 1.165) is 24.1 Å². The fraction of sp³-hybridized carbons (Fsp3) is 0.550. The molecule has 5 nitrogen and oxygen atoms in total. The van der Waals surface area contributed by atoms with Crippen LogP contribution in [0.2, 0.25) is 0 Å². The van der Waals surface area contributed by atoms with Crippen molar-refractivity contribution in [3.05, 3.63) is 42.5 Å². The summed E-state index contributed by atoms with van der Waals surface area (Å²) in [5.74, 6) is 0.466. The van der Waals surface area contributed by atoms with Crippen LogP contribution in [0.1, 0.15) is 23.2 Å². The molecule has 2 fully saturated rings. The van der Waals surface area contributed by atoms with Crippen LogP contribution in [-0.4, -0.2) is 63.4 Å². The van der Waals surface area contributed by atoms with Gasteiger partial charge in [-0.1, -0.05) is 6.08 Å². The maximum atomic E-state index is 13.0. The molecule has 1 saturated carbocycles. The van der Waals surface area contributed by atoms with Crippen molar-refractivity contribution in [2.24, 2.45) is 5.92 Å². The zero-order valence-corrected chi connectivity index (χ0v) is 15.2. The highest BCUT2D eigenvalue weighted by molar-refractivity contribution is 5.95. The quantitative estimate of drug-likeness (QED) is 0.588. The zero-order valence-electron chi connectivity index (χ0n) is 15.2. The van der Waals surface area contributed by atoms with Gasteiger partial charge in [-0.2, -0.15) is 0 Å². The lowest BCUT2D eigenvalue weighted by Gasteiger charge is -2.39. The molecule has 1 amide bonds. The van der Waals surface area contributed by atoms with Crippen LogP contribution in [0.3, 0.4) is 0 Å². The molecule has 0 spiro atoms. The summed E-state index contributed by atoms with van der Waals surface area (Å²) in [5, 5.41) is 0. The fourth-order valence-corrected chi connectivity index (χ4v) is 3.86. The summed E-state index contributed by atoms with van der Waals surface area (Å²) in [6, 6.07) is 7.98. The smallest absolute Gasteiger partial charge is 0.254 e. The van der Waals surface area contributed by atoms with Gasteiger partial charge in [0, 0.05) is 37.8 Å². The number of hydrogen-bond donors (Lipinski definition) is 0. The Labute approximate surface area is 150 Å². The maximum Gasteiger partial charge on any atom is 0.254 e. The van der Waals surface area contributed by atoms with Crippen molar-refractivity contribution in [3.8, 4) is 0 Å². The molecule has 1 heterocycles. The molecule has 136 valence electrons. The number of rotatable bonds is 6. The van der Waals surface area contributed by atoms with Gasteiger partial charge < -0.3 is 19.3 Å².